The highest BCUT2D eigenvalue weighted by Crippen LogP contribution is 2.00. The molecule has 0 rings (SSSR count). The van der Waals surface area contributed by atoms with E-state index in [0.29, 0.717) is 19.0 Å². The number of aliphatic hydroxyl groups excluding tert-OH is 1. The van der Waals surface area contributed by atoms with E-state index in [2.05, 4.69) is 0 Å². The minimum absolute atomic E-state index is 0.0133. The molecule has 78 valence electrons. The van der Waals surface area contributed by atoms with Gasteiger partial charge in [0.25, 0.3) is 0 Å². The van der Waals surface area contributed by atoms with Crippen LogP contribution in [0.4, 0.5) is 0 Å². The van der Waals surface area contributed by atoms with Gasteiger partial charge in [-0.2, -0.15) is 0 Å². The van der Waals surface area contributed by atoms with Gasteiger partial charge in [-0.05, 0) is 12.8 Å². The summed E-state index contributed by atoms with van der Waals surface area (Å²) in [6, 6.07) is 0. The molecular weight excluding hydrogens is 168 g/mol. The Hall–Kier alpha value is -0.610. The van der Waals surface area contributed by atoms with Crippen molar-refractivity contribution in [3.8, 4) is 0 Å². The Morgan fingerprint density at radius 1 is 1.38 bits per heavy atom. The van der Waals surface area contributed by atoms with Crippen molar-refractivity contribution >= 4 is 5.91 Å². The standard InChI is InChI=1S/C9H20N2O2/c1-7(2)5-11(6-8(3)12)9(13)4-10/h7-8,12H,4-6,10H2,1-3H3. The number of hydrogen-bond acceptors (Lipinski definition) is 3. The van der Waals surface area contributed by atoms with E-state index in [1.54, 1.807) is 11.8 Å². The van der Waals surface area contributed by atoms with Crippen LogP contribution in [0, 0.1) is 5.92 Å². The van der Waals surface area contributed by atoms with E-state index in [4.69, 9.17) is 10.8 Å². The predicted molar refractivity (Wildman–Crippen MR) is 52.2 cm³/mol. The van der Waals surface area contributed by atoms with Crippen molar-refractivity contribution in [1.29, 1.82) is 0 Å². The van der Waals surface area contributed by atoms with Crippen LogP contribution < -0.4 is 5.73 Å². The summed E-state index contributed by atoms with van der Waals surface area (Å²) in [4.78, 5) is 12.9. The van der Waals surface area contributed by atoms with Gasteiger partial charge in [-0.15, -0.1) is 0 Å². The number of amides is 1. The summed E-state index contributed by atoms with van der Waals surface area (Å²) in [6.07, 6.45) is -0.491. The molecule has 1 amide bonds. The summed E-state index contributed by atoms with van der Waals surface area (Å²) in [5, 5.41) is 9.15. The van der Waals surface area contributed by atoms with Crippen LogP contribution in [0.1, 0.15) is 20.8 Å². The average molecular weight is 188 g/mol. The molecule has 0 spiro atoms. The second-order valence-corrected chi connectivity index (χ2v) is 3.75. The molecule has 3 N–H and O–H groups in total. The smallest absolute Gasteiger partial charge is 0.236 e. The molecule has 0 bridgehead atoms. The topological polar surface area (TPSA) is 66.6 Å². The van der Waals surface area contributed by atoms with Crippen LogP contribution in [0.5, 0.6) is 0 Å². The molecule has 13 heavy (non-hydrogen) atoms. The summed E-state index contributed by atoms with van der Waals surface area (Å²) in [5.41, 5.74) is 5.25. The maximum atomic E-state index is 11.3. The molecule has 0 radical (unpaired) electrons. The zero-order valence-electron chi connectivity index (χ0n) is 8.66. The van der Waals surface area contributed by atoms with Crippen molar-refractivity contribution < 1.29 is 9.90 Å². The third-order valence-corrected chi connectivity index (χ3v) is 1.60. The third-order valence-electron chi connectivity index (χ3n) is 1.60. The first-order valence-electron chi connectivity index (χ1n) is 4.63. The molecule has 1 atom stereocenters. The highest BCUT2D eigenvalue weighted by atomic mass is 16.3. The number of hydrogen-bond donors (Lipinski definition) is 2. The van der Waals surface area contributed by atoms with Gasteiger partial charge in [-0.25, -0.2) is 0 Å². The Balaban J connectivity index is 4.10. The fourth-order valence-electron chi connectivity index (χ4n) is 1.17. The fraction of sp³-hybridized carbons (Fsp3) is 0.889. The van der Waals surface area contributed by atoms with Crippen LogP contribution >= 0.6 is 0 Å². The lowest BCUT2D eigenvalue weighted by Gasteiger charge is -2.25. The van der Waals surface area contributed by atoms with Crippen LogP contribution in [0.15, 0.2) is 0 Å². The molecule has 0 saturated heterocycles. The van der Waals surface area contributed by atoms with Crippen molar-refractivity contribution in [2.45, 2.75) is 26.9 Å². The molecule has 0 aliphatic carbocycles. The minimum atomic E-state index is -0.491. The molecule has 0 aromatic rings. The van der Waals surface area contributed by atoms with E-state index in [1.807, 2.05) is 13.8 Å². The van der Waals surface area contributed by atoms with Crippen molar-refractivity contribution in [3.63, 3.8) is 0 Å². The van der Waals surface area contributed by atoms with Crippen LogP contribution in [0.2, 0.25) is 0 Å². The highest BCUT2D eigenvalue weighted by molar-refractivity contribution is 5.78. The molecular formula is C9H20N2O2. The lowest BCUT2D eigenvalue weighted by atomic mass is 10.2. The van der Waals surface area contributed by atoms with Gasteiger partial charge in [-0.1, -0.05) is 13.8 Å². The SMILES string of the molecule is CC(C)CN(CC(C)O)C(=O)CN. The van der Waals surface area contributed by atoms with Gasteiger partial charge in [0, 0.05) is 13.1 Å². The van der Waals surface area contributed by atoms with Crippen molar-refractivity contribution in [1.82, 2.24) is 4.90 Å². The Morgan fingerprint density at radius 3 is 2.23 bits per heavy atom. The number of nitrogens with two attached hydrogens (primary N) is 1. The molecule has 4 nitrogen and oxygen atoms in total. The molecule has 0 aromatic heterocycles. The molecule has 0 aromatic carbocycles. The number of rotatable bonds is 5. The summed E-state index contributed by atoms with van der Waals surface area (Å²) >= 11 is 0. The summed E-state index contributed by atoms with van der Waals surface area (Å²) < 4.78 is 0. The predicted octanol–water partition coefficient (Wildman–Crippen LogP) is -0.189. The summed E-state index contributed by atoms with van der Waals surface area (Å²) in [7, 11) is 0. The Morgan fingerprint density at radius 2 is 1.92 bits per heavy atom. The number of carbonyl (C=O) groups is 1. The van der Waals surface area contributed by atoms with Gasteiger partial charge < -0.3 is 15.7 Å². The highest BCUT2D eigenvalue weighted by Gasteiger charge is 2.14. The van der Waals surface area contributed by atoms with Gasteiger partial charge in [0.15, 0.2) is 0 Å². The van der Waals surface area contributed by atoms with Gasteiger partial charge in [0.05, 0.1) is 12.6 Å². The Bertz CT molecular complexity index is 148. The lowest BCUT2D eigenvalue weighted by molar-refractivity contribution is -0.131. The van der Waals surface area contributed by atoms with Gasteiger partial charge >= 0.3 is 0 Å². The van der Waals surface area contributed by atoms with Gasteiger partial charge in [0.1, 0.15) is 0 Å². The molecule has 0 aliphatic rings. The largest absolute Gasteiger partial charge is 0.392 e. The number of carbonyl (C=O) groups excluding carboxylic acids is 1. The average Bonchev–Trinajstić information content (AvgIpc) is 2.00. The van der Waals surface area contributed by atoms with Crippen molar-refractivity contribution in [2.75, 3.05) is 19.6 Å². The first-order chi connectivity index (χ1) is 5.97. The monoisotopic (exact) mass is 188 g/mol. The Labute approximate surface area is 79.7 Å². The molecule has 0 heterocycles. The number of nitrogens with zero attached hydrogens (tertiary/aromatic N) is 1. The quantitative estimate of drug-likeness (QED) is 0.628. The first kappa shape index (κ1) is 12.4. The third kappa shape index (κ3) is 5.60. The van der Waals surface area contributed by atoms with Crippen LogP contribution in [-0.2, 0) is 4.79 Å². The number of aliphatic hydroxyl groups is 1. The minimum Gasteiger partial charge on any atom is -0.392 e. The van der Waals surface area contributed by atoms with E-state index >= 15 is 0 Å². The van der Waals surface area contributed by atoms with E-state index < -0.39 is 6.10 Å². The molecule has 0 fully saturated rings. The van der Waals surface area contributed by atoms with Gasteiger partial charge in [0.2, 0.25) is 5.91 Å². The summed E-state index contributed by atoms with van der Waals surface area (Å²) in [5.74, 6) is 0.295. The van der Waals surface area contributed by atoms with E-state index in [9.17, 15) is 4.79 Å². The zero-order chi connectivity index (χ0) is 10.4. The van der Waals surface area contributed by atoms with Crippen LogP contribution in [-0.4, -0.2) is 41.7 Å². The van der Waals surface area contributed by atoms with Crippen molar-refractivity contribution in [2.24, 2.45) is 11.7 Å². The zero-order valence-corrected chi connectivity index (χ0v) is 8.66. The lowest BCUT2D eigenvalue weighted by Crippen LogP contribution is -2.42. The molecule has 4 heteroatoms. The van der Waals surface area contributed by atoms with Crippen LogP contribution in [0.3, 0.4) is 0 Å². The van der Waals surface area contributed by atoms with E-state index in [1.165, 1.54) is 0 Å². The first-order valence-corrected chi connectivity index (χ1v) is 4.63. The second kappa shape index (κ2) is 5.94. The van der Waals surface area contributed by atoms with E-state index in [0.717, 1.165) is 0 Å². The molecule has 0 saturated carbocycles. The fourth-order valence-corrected chi connectivity index (χ4v) is 1.17. The normalized spacial score (nSPS) is 13.1. The Kier molecular flexibility index (Phi) is 5.66. The van der Waals surface area contributed by atoms with Gasteiger partial charge in [-0.3, -0.25) is 4.79 Å². The second-order valence-electron chi connectivity index (χ2n) is 3.75. The maximum absolute atomic E-state index is 11.3. The molecule has 1 unspecified atom stereocenters. The van der Waals surface area contributed by atoms with Crippen molar-refractivity contribution in [3.05, 3.63) is 0 Å². The maximum Gasteiger partial charge on any atom is 0.236 e. The van der Waals surface area contributed by atoms with Crippen LogP contribution in [0.25, 0.3) is 0 Å². The molecule has 0 aliphatic heterocycles. The summed E-state index contributed by atoms with van der Waals surface area (Å²) in [6.45, 7) is 6.75. The van der Waals surface area contributed by atoms with E-state index in [-0.39, 0.29) is 12.5 Å².